The van der Waals surface area contributed by atoms with Gasteiger partial charge in [0.25, 0.3) is 0 Å². The molecule has 0 aromatic heterocycles. The van der Waals surface area contributed by atoms with Gasteiger partial charge in [0, 0.05) is 5.56 Å². The summed E-state index contributed by atoms with van der Waals surface area (Å²) in [5.74, 6) is -1.28. The van der Waals surface area contributed by atoms with Crippen LogP contribution in [0.15, 0.2) is 22.3 Å². The Bertz CT molecular complexity index is 583. The third-order valence-corrected chi connectivity index (χ3v) is 2.97. The summed E-state index contributed by atoms with van der Waals surface area (Å²) in [5.41, 5.74) is 0.731. The summed E-state index contributed by atoms with van der Waals surface area (Å²) in [6.45, 7) is -0.600. The minimum Gasteiger partial charge on any atom is -0.479 e. The van der Waals surface area contributed by atoms with Gasteiger partial charge >= 0.3 is 5.97 Å². The monoisotopic (exact) mass is 288 g/mol. The molecule has 0 unspecified atom stereocenters. The Morgan fingerprint density at radius 3 is 2.78 bits per heavy atom. The first kappa shape index (κ1) is 12.7. The Hall–Kier alpha value is -1.79. The first-order chi connectivity index (χ1) is 8.54. The number of ether oxygens (including phenoxy) is 1. The smallest absolute Gasteiger partial charge is 0.341 e. The molecular formula is C10H6Cl2N2O4. The average molecular weight is 289 g/mol. The van der Waals surface area contributed by atoms with Crippen LogP contribution in [-0.2, 0) is 9.53 Å². The fraction of sp³-hybridized carbons (Fsp3) is 0.100. The van der Waals surface area contributed by atoms with E-state index in [1.54, 1.807) is 6.07 Å². The van der Waals surface area contributed by atoms with Crippen LogP contribution in [0.2, 0.25) is 10.0 Å². The molecular weight excluding hydrogens is 283 g/mol. The van der Waals surface area contributed by atoms with Gasteiger partial charge in [-0.25, -0.2) is 9.79 Å². The molecule has 2 rings (SSSR count). The molecule has 1 heterocycles. The van der Waals surface area contributed by atoms with Crippen LogP contribution in [0.4, 0.5) is 5.69 Å². The summed E-state index contributed by atoms with van der Waals surface area (Å²) in [5, 5.41) is 20.9. The molecule has 0 spiro atoms. The molecule has 1 aromatic rings. The van der Waals surface area contributed by atoms with Gasteiger partial charge in [-0.3, -0.25) is 0 Å². The molecule has 8 heteroatoms. The molecule has 1 aliphatic heterocycles. The van der Waals surface area contributed by atoms with E-state index in [9.17, 15) is 4.79 Å². The quantitative estimate of drug-likeness (QED) is 0.645. The second kappa shape index (κ2) is 4.83. The zero-order chi connectivity index (χ0) is 13.3. The Morgan fingerprint density at radius 2 is 2.17 bits per heavy atom. The topological polar surface area (TPSA) is 91.5 Å². The van der Waals surface area contributed by atoms with E-state index < -0.39 is 12.6 Å². The van der Waals surface area contributed by atoms with Crippen molar-refractivity contribution in [2.45, 2.75) is 0 Å². The van der Waals surface area contributed by atoms with Crippen LogP contribution in [0, 0.1) is 0 Å². The SMILES string of the molecule is O=C(O)COC1=Nc2c(ccc(Cl)c2Cl)C1=NO. The van der Waals surface area contributed by atoms with Gasteiger partial charge in [0.05, 0.1) is 15.7 Å². The fourth-order valence-corrected chi connectivity index (χ4v) is 1.80. The fourth-order valence-electron chi connectivity index (χ4n) is 1.44. The highest BCUT2D eigenvalue weighted by Crippen LogP contribution is 2.39. The number of carboxylic acid groups (broad SMARTS) is 1. The largest absolute Gasteiger partial charge is 0.479 e. The van der Waals surface area contributed by atoms with E-state index in [0.717, 1.165) is 0 Å². The van der Waals surface area contributed by atoms with Gasteiger partial charge in [0.15, 0.2) is 12.3 Å². The number of hydrogen-bond donors (Lipinski definition) is 2. The maximum Gasteiger partial charge on any atom is 0.341 e. The number of aliphatic carboxylic acids is 1. The van der Waals surface area contributed by atoms with Crippen molar-refractivity contribution in [3.05, 3.63) is 27.7 Å². The predicted octanol–water partition coefficient (Wildman–Crippen LogP) is 2.32. The summed E-state index contributed by atoms with van der Waals surface area (Å²) in [6, 6.07) is 3.07. The number of rotatable bonds is 2. The lowest BCUT2D eigenvalue weighted by Gasteiger charge is -2.02. The number of carboxylic acids is 1. The van der Waals surface area contributed by atoms with E-state index in [2.05, 4.69) is 10.1 Å². The van der Waals surface area contributed by atoms with Crippen molar-refractivity contribution < 1.29 is 19.8 Å². The number of carbonyl (C=O) groups is 1. The Morgan fingerprint density at radius 1 is 1.44 bits per heavy atom. The number of nitrogens with zero attached hydrogens (tertiary/aromatic N) is 2. The maximum atomic E-state index is 10.4. The molecule has 6 nitrogen and oxygen atoms in total. The molecule has 0 radical (unpaired) electrons. The molecule has 2 N–H and O–H groups in total. The normalized spacial score (nSPS) is 15.4. The Kier molecular flexibility index (Phi) is 3.40. The number of hydrogen-bond acceptors (Lipinski definition) is 5. The molecule has 1 aliphatic rings. The third-order valence-electron chi connectivity index (χ3n) is 2.17. The molecule has 0 saturated carbocycles. The summed E-state index contributed by atoms with van der Waals surface area (Å²) >= 11 is 11.8. The highest BCUT2D eigenvalue weighted by molar-refractivity contribution is 6.52. The lowest BCUT2D eigenvalue weighted by Crippen LogP contribution is -2.19. The van der Waals surface area contributed by atoms with Crippen LogP contribution >= 0.6 is 23.2 Å². The van der Waals surface area contributed by atoms with Crippen LogP contribution in [0.25, 0.3) is 0 Å². The van der Waals surface area contributed by atoms with Crippen LogP contribution in [0.1, 0.15) is 5.56 Å². The summed E-state index contributed by atoms with van der Waals surface area (Å²) in [4.78, 5) is 14.4. The lowest BCUT2D eigenvalue weighted by molar-refractivity contribution is -0.139. The maximum absolute atomic E-state index is 10.4. The summed E-state index contributed by atoms with van der Waals surface area (Å²) < 4.78 is 4.90. The highest BCUT2D eigenvalue weighted by Gasteiger charge is 2.28. The van der Waals surface area contributed by atoms with Gasteiger partial charge in [0.2, 0.25) is 5.90 Å². The van der Waals surface area contributed by atoms with Crippen molar-refractivity contribution in [1.82, 2.24) is 0 Å². The second-order valence-corrected chi connectivity index (χ2v) is 4.09. The second-order valence-electron chi connectivity index (χ2n) is 3.31. The van der Waals surface area contributed by atoms with Crippen molar-refractivity contribution in [2.75, 3.05) is 6.61 Å². The van der Waals surface area contributed by atoms with E-state index in [4.69, 9.17) is 38.3 Å². The zero-order valence-corrected chi connectivity index (χ0v) is 10.2. The predicted molar refractivity (Wildman–Crippen MR) is 65.5 cm³/mol. The van der Waals surface area contributed by atoms with E-state index in [1.165, 1.54) is 6.07 Å². The van der Waals surface area contributed by atoms with Gasteiger partial charge in [0.1, 0.15) is 0 Å². The highest BCUT2D eigenvalue weighted by atomic mass is 35.5. The van der Waals surface area contributed by atoms with Crippen molar-refractivity contribution >= 4 is 46.5 Å². The van der Waals surface area contributed by atoms with E-state index in [-0.39, 0.29) is 27.3 Å². The van der Waals surface area contributed by atoms with E-state index in [1.807, 2.05) is 0 Å². The Balaban J connectivity index is 2.41. The molecule has 0 bridgehead atoms. The average Bonchev–Trinajstić information content (AvgIpc) is 2.69. The number of oxime groups is 1. The minimum absolute atomic E-state index is 0.0183. The third kappa shape index (κ3) is 2.12. The minimum atomic E-state index is -1.17. The van der Waals surface area contributed by atoms with Crippen LogP contribution in [0.5, 0.6) is 0 Å². The van der Waals surface area contributed by atoms with Gasteiger partial charge in [-0.05, 0) is 12.1 Å². The van der Waals surface area contributed by atoms with Crippen molar-refractivity contribution in [1.29, 1.82) is 0 Å². The molecule has 0 amide bonds. The lowest BCUT2D eigenvalue weighted by atomic mass is 10.1. The molecule has 1 aromatic carbocycles. The number of halogens is 2. The first-order valence-corrected chi connectivity index (χ1v) is 5.44. The van der Waals surface area contributed by atoms with Gasteiger partial charge in [-0.2, -0.15) is 0 Å². The standard InChI is InChI=1S/C10H6Cl2N2O4/c11-5-2-1-4-8(7(5)12)13-10(9(4)14-17)18-3-6(15)16/h1-2,17H,3H2,(H,15,16). The van der Waals surface area contributed by atoms with Crippen molar-refractivity contribution in [3.63, 3.8) is 0 Å². The molecule has 94 valence electrons. The van der Waals surface area contributed by atoms with Crippen LogP contribution in [0.3, 0.4) is 0 Å². The van der Waals surface area contributed by atoms with Gasteiger partial charge in [-0.15, -0.1) is 0 Å². The zero-order valence-electron chi connectivity index (χ0n) is 8.72. The first-order valence-electron chi connectivity index (χ1n) is 4.68. The summed E-state index contributed by atoms with van der Waals surface area (Å²) in [6.07, 6.45) is 0. The van der Waals surface area contributed by atoms with E-state index >= 15 is 0 Å². The van der Waals surface area contributed by atoms with E-state index in [0.29, 0.717) is 5.56 Å². The number of benzene rings is 1. The summed E-state index contributed by atoms with van der Waals surface area (Å²) in [7, 11) is 0. The number of aliphatic imine (C=N–C) groups is 1. The molecule has 0 saturated heterocycles. The van der Waals surface area contributed by atoms with Gasteiger partial charge < -0.3 is 15.1 Å². The van der Waals surface area contributed by atoms with Crippen LogP contribution < -0.4 is 0 Å². The Labute approximate surface area is 111 Å². The van der Waals surface area contributed by atoms with Crippen LogP contribution in [-0.4, -0.2) is 34.5 Å². The van der Waals surface area contributed by atoms with Crippen molar-refractivity contribution in [2.24, 2.45) is 10.1 Å². The van der Waals surface area contributed by atoms with Gasteiger partial charge in [-0.1, -0.05) is 28.4 Å². The number of fused-ring (bicyclic) bond motifs is 1. The molecule has 0 aliphatic carbocycles. The van der Waals surface area contributed by atoms with Crippen molar-refractivity contribution in [3.8, 4) is 0 Å². The molecule has 0 fully saturated rings. The molecule has 18 heavy (non-hydrogen) atoms. The molecule has 0 atom stereocenters.